The first-order chi connectivity index (χ1) is 14.6. The molecule has 1 amide bonds. The highest BCUT2D eigenvalue weighted by Crippen LogP contribution is 2.24. The summed E-state index contributed by atoms with van der Waals surface area (Å²) in [5, 5.41) is 11.7. The van der Waals surface area contributed by atoms with E-state index < -0.39 is 0 Å². The first kappa shape index (κ1) is 20.0. The highest BCUT2D eigenvalue weighted by Gasteiger charge is 2.25. The highest BCUT2D eigenvalue weighted by molar-refractivity contribution is 5.79. The number of anilines is 1. The predicted octanol–water partition coefficient (Wildman–Crippen LogP) is 4.12. The summed E-state index contributed by atoms with van der Waals surface area (Å²) in [7, 11) is 0. The van der Waals surface area contributed by atoms with Gasteiger partial charge in [0.25, 0.3) is 0 Å². The molecule has 0 aliphatic carbocycles. The van der Waals surface area contributed by atoms with Crippen molar-refractivity contribution in [1.29, 1.82) is 0 Å². The Bertz CT molecular complexity index is 979. The predicted molar refractivity (Wildman–Crippen MR) is 115 cm³/mol. The quantitative estimate of drug-likeness (QED) is 0.695. The van der Waals surface area contributed by atoms with E-state index in [0.717, 1.165) is 42.9 Å². The summed E-state index contributed by atoms with van der Waals surface area (Å²) in [6, 6.07) is 18.3. The van der Waals surface area contributed by atoms with Crippen molar-refractivity contribution >= 4 is 11.7 Å². The first-order valence-corrected chi connectivity index (χ1v) is 10.3. The van der Waals surface area contributed by atoms with Crippen LogP contribution in [-0.4, -0.2) is 29.2 Å². The molecule has 0 saturated carbocycles. The Hall–Kier alpha value is -3.28. The second-order valence-electron chi connectivity index (χ2n) is 7.75. The lowest BCUT2D eigenvalue weighted by Crippen LogP contribution is -2.40. The van der Waals surface area contributed by atoms with Crippen LogP contribution < -0.4 is 10.2 Å². The average molecular weight is 404 g/mol. The van der Waals surface area contributed by atoms with Crippen molar-refractivity contribution < 1.29 is 9.18 Å². The van der Waals surface area contributed by atoms with Crippen LogP contribution in [0.15, 0.2) is 60.7 Å². The van der Waals surface area contributed by atoms with E-state index in [-0.39, 0.29) is 17.6 Å². The summed E-state index contributed by atoms with van der Waals surface area (Å²) in [5.41, 5.74) is 3.87. The molecule has 1 saturated heterocycles. The minimum Gasteiger partial charge on any atom is -0.355 e. The second kappa shape index (κ2) is 9.03. The molecule has 1 N–H and O–H groups in total. The number of halogens is 1. The third kappa shape index (κ3) is 4.82. The lowest BCUT2D eigenvalue weighted by Gasteiger charge is -2.31. The zero-order valence-electron chi connectivity index (χ0n) is 17.0. The zero-order chi connectivity index (χ0) is 20.9. The van der Waals surface area contributed by atoms with E-state index in [4.69, 9.17) is 0 Å². The third-order valence-corrected chi connectivity index (χ3v) is 5.57. The van der Waals surface area contributed by atoms with E-state index in [9.17, 15) is 9.18 Å². The van der Waals surface area contributed by atoms with Crippen LogP contribution in [0.25, 0.3) is 11.3 Å². The normalized spacial score (nSPS) is 14.5. The monoisotopic (exact) mass is 404 g/mol. The number of rotatable bonds is 5. The van der Waals surface area contributed by atoms with Crippen LogP contribution in [0.1, 0.15) is 24.0 Å². The molecule has 3 aromatic rings. The van der Waals surface area contributed by atoms with E-state index >= 15 is 0 Å². The molecule has 0 unspecified atom stereocenters. The van der Waals surface area contributed by atoms with Crippen molar-refractivity contribution in [2.24, 2.45) is 5.92 Å². The number of nitrogens with zero attached hydrogens (tertiary/aromatic N) is 3. The molecule has 1 aliphatic rings. The summed E-state index contributed by atoms with van der Waals surface area (Å²) >= 11 is 0. The van der Waals surface area contributed by atoms with Crippen LogP contribution in [-0.2, 0) is 11.3 Å². The molecule has 0 bridgehead atoms. The van der Waals surface area contributed by atoms with Gasteiger partial charge in [0, 0.05) is 31.1 Å². The van der Waals surface area contributed by atoms with Gasteiger partial charge in [-0.15, -0.1) is 10.2 Å². The summed E-state index contributed by atoms with van der Waals surface area (Å²) in [4.78, 5) is 14.7. The Labute approximate surface area is 176 Å². The maximum atomic E-state index is 13.1. The van der Waals surface area contributed by atoms with Crippen molar-refractivity contribution in [3.05, 3.63) is 77.6 Å². The molecule has 1 aromatic heterocycles. The Morgan fingerprint density at radius 2 is 1.70 bits per heavy atom. The summed E-state index contributed by atoms with van der Waals surface area (Å²) in [6.07, 6.45) is 1.59. The van der Waals surface area contributed by atoms with Gasteiger partial charge in [-0.05, 0) is 61.7 Å². The number of nitrogens with one attached hydrogen (secondary N) is 1. The number of benzene rings is 2. The minimum atomic E-state index is -0.269. The van der Waals surface area contributed by atoms with Crippen LogP contribution >= 0.6 is 0 Å². The van der Waals surface area contributed by atoms with Gasteiger partial charge in [0.15, 0.2) is 5.82 Å². The second-order valence-corrected chi connectivity index (χ2v) is 7.75. The van der Waals surface area contributed by atoms with E-state index in [1.165, 1.54) is 17.7 Å². The Morgan fingerprint density at radius 3 is 2.33 bits per heavy atom. The summed E-state index contributed by atoms with van der Waals surface area (Å²) < 4.78 is 13.1. The van der Waals surface area contributed by atoms with Crippen molar-refractivity contribution in [2.75, 3.05) is 18.0 Å². The van der Waals surface area contributed by atoms with Crippen LogP contribution in [0.4, 0.5) is 10.2 Å². The van der Waals surface area contributed by atoms with Crippen molar-refractivity contribution in [3.63, 3.8) is 0 Å². The fraction of sp³-hybridized carbons (Fsp3) is 0.292. The number of aryl methyl sites for hydroxylation is 1. The van der Waals surface area contributed by atoms with Gasteiger partial charge in [0.1, 0.15) is 5.82 Å². The van der Waals surface area contributed by atoms with Gasteiger partial charge in [-0.25, -0.2) is 4.39 Å². The van der Waals surface area contributed by atoms with Gasteiger partial charge in [-0.3, -0.25) is 4.79 Å². The minimum absolute atomic E-state index is 0.0261. The maximum absolute atomic E-state index is 13.1. The molecular formula is C24H25FN4O. The van der Waals surface area contributed by atoms with Gasteiger partial charge in [0.05, 0.1) is 5.69 Å². The number of carbonyl (C=O) groups is 1. The topological polar surface area (TPSA) is 58.1 Å². The fourth-order valence-electron chi connectivity index (χ4n) is 3.68. The highest BCUT2D eigenvalue weighted by atomic mass is 19.1. The van der Waals surface area contributed by atoms with Crippen LogP contribution in [0.2, 0.25) is 0 Å². The molecule has 1 fully saturated rings. The first-order valence-electron chi connectivity index (χ1n) is 10.3. The van der Waals surface area contributed by atoms with E-state index in [1.54, 1.807) is 12.1 Å². The SMILES string of the molecule is Cc1ccc(CNC(=O)C2CCN(c3ccc(-c4ccc(F)cc4)nn3)CC2)cc1. The van der Waals surface area contributed by atoms with Gasteiger partial charge in [-0.1, -0.05) is 29.8 Å². The van der Waals surface area contributed by atoms with Crippen molar-refractivity contribution in [1.82, 2.24) is 15.5 Å². The lowest BCUT2D eigenvalue weighted by atomic mass is 9.95. The molecule has 5 nitrogen and oxygen atoms in total. The molecule has 4 rings (SSSR count). The van der Waals surface area contributed by atoms with Crippen molar-refractivity contribution in [3.8, 4) is 11.3 Å². The Balaban J connectivity index is 1.29. The molecule has 2 aromatic carbocycles. The molecule has 0 radical (unpaired) electrons. The van der Waals surface area contributed by atoms with E-state index in [1.807, 2.05) is 24.3 Å². The number of amides is 1. The maximum Gasteiger partial charge on any atom is 0.223 e. The molecule has 1 aliphatic heterocycles. The Kier molecular flexibility index (Phi) is 6.02. The molecule has 6 heteroatoms. The van der Waals surface area contributed by atoms with Gasteiger partial charge >= 0.3 is 0 Å². The van der Waals surface area contributed by atoms with Gasteiger partial charge in [0.2, 0.25) is 5.91 Å². The number of piperidine rings is 1. The van der Waals surface area contributed by atoms with E-state index in [0.29, 0.717) is 12.2 Å². The fourth-order valence-corrected chi connectivity index (χ4v) is 3.68. The number of aromatic nitrogens is 2. The zero-order valence-corrected chi connectivity index (χ0v) is 17.0. The molecule has 0 atom stereocenters. The lowest BCUT2D eigenvalue weighted by molar-refractivity contribution is -0.125. The molecule has 2 heterocycles. The molecular weight excluding hydrogens is 379 g/mol. The van der Waals surface area contributed by atoms with Crippen LogP contribution in [0, 0.1) is 18.7 Å². The molecule has 154 valence electrons. The van der Waals surface area contributed by atoms with Gasteiger partial charge < -0.3 is 10.2 Å². The van der Waals surface area contributed by atoms with Crippen LogP contribution in [0.3, 0.4) is 0 Å². The number of hydrogen-bond donors (Lipinski definition) is 1. The van der Waals surface area contributed by atoms with Crippen molar-refractivity contribution in [2.45, 2.75) is 26.3 Å². The Morgan fingerprint density at radius 1 is 1.00 bits per heavy atom. The summed E-state index contributed by atoms with van der Waals surface area (Å²) in [6.45, 7) is 4.16. The summed E-state index contributed by atoms with van der Waals surface area (Å²) in [5.74, 6) is 0.680. The van der Waals surface area contributed by atoms with Crippen LogP contribution in [0.5, 0.6) is 0 Å². The number of hydrogen-bond acceptors (Lipinski definition) is 4. The largest absolute Gasteiger partial charge is 0.355 e. The number of carbonyl (C=O) groups excluding carboxylic acids is 1. The third-order valence-electron chi connectivity index (χ3n) is 5.57. The molecule has 30 heavy (non-hydrogen) atoms. The standard InChI is InChI=1S/C24H25FN4O/c1-17-2-4-18(5-3-17)16-26-24(30)20-12-14-29(15-13-20)23-11-10-22(27-28-23)19-6-8-21(25)9-7-19/h2-11,20H,12-16H2,1H3,(H,26,30). The van der Waals surface area contributed by atoms with E-state index in [2.05, 4.69) is 39.5 Å². The smallest absolute Gasteiger partial charge is 0.223 e. The average Bonchev–Trinajstić information content (AvgIpc) is 2.79. The van der Waals surface area contributed by atoms with Gasteiger partial charge in [-0.2, -0.15) is 0 Å². The molecule has 0 spiro atoms.